The summed E-state index contributed by atoms with van der Waals surface area (Å²) in [5.41, 5.74) is 8.33. The molecule has 0 bridgehead atoms. The average molecular weight is 203 g/mol. The van der Waals surface area contributed by atoms with Gasteiger partial charge in [0.25, 0.3) is 0 Å². The molecule has 2 heterocycles. The summed E-state index contributed by atoms with van der Waals surface area (Å²) in [6.07, 6.45) is 0. The summed E-state index contributed by atoms with van der Waals surface area (Å²) in [6, 6.07) is 4.09. The van der Waals surface area contributed by atoms with Crippen LogP contribution in [0.5, 0.6) is 0 Å². The molecule has 0 radical (unpaired) electrons. The lowest BCUT2D eigenvalue weighted by Crippen LogP contribution is -1.86. The van der Waals surface area contributed by atoms with Crippen molar-refractivity contribution >= 4 is 26.6 Å². The number of hydrogen-bond acceptors (Lipinski definition) is 4. The minimum absolute atomic E-state index is 0.559. The molecule has 0 aromatic carbocycles. The number of thiophene rings is 1. The molecule has 0 atom stereocenters. The number of fused-ring (bicyclic) bond motifs is 1. The van der Waals surface area contributed by atoms with Crippen molar-refractivity contribution in [1.29, 1.82) is 5.26 Å². The van der Waals surface area contributed by atoms with Crippen molar-refractivity contribution in [2.75, 3.05) is 5.73 Å². The predicted molar refractivity (Wildman–Crippen MR) is 58.2 cm³/mol. The van der Waals surface area contributed by atoms with Crippen LogP contribution in [0, 0.1) is 25.2 Å². The largest absolute Gasteiger partial charge is 0.389 e. The maximum atomic E-state index is 8.95. The third-order valence-corrected chi connectivity index (χ3v) is 3.04. The number of nitrogens with zero attached hydrogens (tertiary/aromatic N) is 2. The van der Waals surface area contributed by atoms with Gasteiger partial charge in [0.15, 0.2) is 0 Å². The highest BCUT2D eigenvalue weighted by Gasteiger charge is 2.12. The minimum Gasteiger partial charge on any atom is -0.389 e. The number of rotatable bonds is 0. The molecule has 0 amide bonds. The summed E-state index contributed by atoms with van der Waals surface area (Å²) in [4.78, 5) is 5.21. The van der Waals surface area contributed by atoms with Gasteiger partial charge in [-0.15, -0.1) is 0 Å². The first kappa shape index (κ1) is 8.97. The van der Waals surface area contributed by atoms with E-state index in [-0.39, 0.29) is 0 Å². The molecule has 0 aliphatic heterocycles. The van der Waals surface area contributed by atoms with Crippen molar-refractivity contribution in [3.8, 4) is 6.07 Å². The zero-order chi connectivity index (χ0) is 10.3. The first-order valence-corrected chi connectivity index (χ1v) is 5.01. The van der Waals surface area contributed by atoms with Gasteiger partial charge in [-0.3, -0.25) is 0 Å². The Kier molecular flexibility index (Phi) is 1.90. The molecule has 0 aliphatic carbocycles. The Balaban J connectivity index is 2.97. The fourth-order valence-electron chi connectivity index (χ4n) is 1.57. The molecule has 0 saturated carbocycles. The highest BCUT2D eigenvalue weighted by molar-refractivity contribution is 7.22. The summed E-state index contributed by atoms with van der Waals surface area (Å²) in [5, 5.41) is 10.4. The molecular formula is C10H9N3S. The van der Waals surface area contributed by atoms with Crippen LogP contribution in [0.4, 0.5) is 5.00 Å². The van der Waals surface area contributed by atoms with E-state index in [1.807, 2.05) is 19.9 Å². The second kappa shape index (κ2) is 2.96. The number of hydrogen-bond donors (Lipinski definition) is 1. The SMILES string of the molecule is Cc1cc(C)c2c(C#N)c(N)sc2n1. The van der Waals surface area contributed by atoms with Crippen molar-refractivity contribution in [3.63, 3.8) is 0 Å². The number of nitriles is 1. The maximum absolute atomic E-state index is 8.95. The van der Waals surface area contributed by atoms with Gasteiger partial charge in [0, 0.05) is 11.1 Å². The molecule has 0 spiro atoms. The molecule has 2 aromatic heterocycles. The summed E-state index contributed by atoms with van der Waals surface area (Å²) < 4.78 is 0. The fraction of sp³-hybridized carbons (Fsp3) is 0.200. The second-order valence-corrected chi connectivity index (χ2v) is 4.24. The highest BCUT2D eigenvalue weighted by Crippen LogP contribution is 2.33. The lowest BCUT2D eigenvalue weighted by Gasteiger charge is -1.97. The lowest BCUT2D eigenvalue weighted by atomic mass is 10.1. The van der Waals surface area contributed by atoms with Gasteiger partial charge in [-0.25, -0.2) is 4.98 Å². The van der Waals surface area contributed by atoms with Gasteiger partial charge < -0.3 is 5.73 Å². The maximum Gasteiger partial charge on any atom is 0.127 e. The van der Waals surface area contributed by atoms with Crippen molar-refractivity contribution in [2.45, 2.75) is 13.8 Å². The zero-order valence-corrected chi connectivity index (χ0v) is 8.77. The smallest absolute Gasteiger partial charge is 0.127 e. The van der Waals surface area contributed by atoms with Crippen molar-refractivity contribution in [1.82, 2.24) is 4.98 Å². The molecule has 0 fully saturated rings. The Morgan fingerprint density at radius 3 is 2.86 bits per heavy atom. The molecule has 70 valence electrons. The second-order valence-electron chi connectivity index (χ2n) is 3.21. The van der Waals surface area contributed by atoms with Crippen molar-refractivity contribution in [3.05, 3.63) is 22.9 Å². The first-order chi connectivity index (χ1) is 6.63. The Hall–Kier alpha value is -1.60. The van der Waals surface area contributed by atoms with Crippen LogP contribution in [0.25, 0.3) is 10.2 Å². The number of nitrogen functional groups attached to an aromatic ring is 1. The Bertz CT molecular complexity index is 548. The number of anilines is 1. The normalized spacial score (nSPS) is 10.4. The molecule has 0 saturated heterocycles. The van der Waals surface area contributed by atoms with Crippen LogP contribution in [0.15, 0.2) is 6.07 Å². The Morgan fingerprint density at radius 2 is 2.21 bits per heavy atom. The Labute approximate surface area is 85.8 Å². The van der Waals surface area contributed by atoms with Crippen molar-refractivity contribution < 1.29 is 0 Å². The van der Waals surface area contributed by atoms with Crippen LogP contribution in [0.3, 0.4) is 0 Å². The van der Waals surface area contributed by atoms with E-state index in [2.05, 4.69) is 11.1 Å². The van der Waals surface area contributed by atoms with E-state index in [0.717, 1.165) is 21.5 Å². The van der Waals surface area contributed by atoms with Crippen LogP contribution in [0.1, 0.15) is 16.8 Å². The standard InChI is InChI=1S/C10H9N3S/c1-5-3-6(2)13-10-8(5)7(4-11)9(12)14-10/h3H,12H2,1-2H3. The van der Waals surface area contributed by atoms with E-state index in [1.165, 1.54) is 11.3 Å². The number of aromatic nitrogens is 1. The average Bonchev–Trinajstić information content (AvgIpc) is 2.40. The van der Waals surface area contributed by atoms with Gasteiger partial charge in [0.2, 0.25) is 0 Å². The third-order valence-electron chi connectivity index (χ3n) is 2.13. The molecule has 2 aromatic rings. The molecule has 14 heavy (non-hydrogen) atoms. The molecule has 2 N–H and O–H groups in total. The molecule has 2 rings (SSSR count). The van der Waals surface area contributed by atoms with Gasteiger partial charge in [-0.05, 0) is 25.5 Å². The van der Waals surface area contributed by atoms with Gasteiger partial charge in [-0.1, -0.05) is 11.3 Å². The number of nitrogens with two attached hydrogens (primary N) is 1. The highest BCUT2D eigenvalue weighted by atomic mass is 32.1. The molecule has 0 aliphatic rings. The van der Waals surface area contributed by atoms with Crippen LogP contribution >= 0.6 is 11.3 Å². The fourth-order valence-corrected chi connectivity index (χ4v) is 2.58. The van der Waals surface area contributed by atoms with Crippen LogP contribution in [-0.4, -0.2) is 4.98 Å². The summed E-state index contributed by atoms with van der Waals surface area (Å²) in [7, 11) is 0. The van der Waals surface area contributed by atoms with Crippen LogP contribution in [0.2, 0.25) is 0 Å². The van der Waals surface area contributed by atoms with E-state index >= 15 is 0 Å². The van der Waals surface area contributed by atoms with Crippen molar-refractivity contribution in [2.24, 2.45) is 0 Å². The molecule has 4 heteroatoms. The van der Waals surface area contributed by atoms with Gasteiger partial charge in [0.05, 0.1) is 5.56 Å². The van der Waals surface area contributed by atoms with Crippen LogP contribution < -0.4 is 5.73 Å². The van der Waals surface area contributed by atoms with E-state index in [9.17, 15) is 0 Å². The number of pyridine rings is 1. The monoisotopic (exact) mass is 203 g/mol. The van der Waals surface area contributed by atoms with Gasteiger partial charge in [0.1, 0.15) is 15.9 Å². The topological polar surface area (TPSA) is 62.7 Å². The predicted octanol–water partition coefficient (Wildman–Crippen LogP) is 2.37. The minimum atomic E-state index is 0.559. The summed E-state index contributed by atoms with van der Waals surface area (Å²) in [6.45, 7) is 3.92. The molecular weight excluding hydrogens is 194 g/mol. The zero-order valence-electron chi connectivity index (χ0n) is 7.96. The van der Waals surface area contributed by atoms with Gasteiger partial charge >= 0.3 is 0 Å². The number of aryl methyl sites for hydroxylation is 2. The first-order valence-electron chi connectivity index (χ1n) is 4.20. The van der Waals surface area contributed by atoms with E-state index in [1.54, 1.807) is 0 Å². The van der Waals surface area contributed by atoms with Gasteiger partial charge in [-0.2, -0.15) is 5.26 Å². The van der Waals surface area contributed by atoms with E-state index in [4.69, 9.17) is 11.0 Å². The Morgan fingerprint density at radius 1 is 1.50 bits per heavy atom. The quantitative estimate of drug-likeness (QED) is 0.715. The van der Waals surface area contributed by atoms with Crippen LogP contribution in [-0.2, 0) is 0 Å². The van der Waals surface area contributed by atoms with E-state index < -0.39 is 0 Å². The summed E-state index contributed by atoms with van der Waals surface area (Å²) in [5.74, 6) is 0. The molecule has 3 nitrogen and oxygen atoms in total. The van der Waals surface area contributed by atoms with E-state index in [0.29, 0.717) is 10.6 Å². The lowest BCUT2D eigenvalue weighted by molar-refractivity contribution is 1.25. The summed E-state index contributed by atoms with van der Waals surface area (Å²) >= 11 is 1.38. The third kappa shape index (κ3) is 1.14. The molecule has 0 unspecified atom stereocenters.